The molecule has 0 radical (unpaired) electrons. The van der Waals surface area contributed by atoms with Gasteiger partial charge >= 0.3 is 0 Å². The van der Waals surface area contributed by atoms with E-state index in [0.717, 1.165) is 39.6 Å². The molecule has 3 fully saturated rings. The predicted octanol–water partition coefficient (Wildman–Crippen LogP) is 3.56. The fraction of sp³-hybridized carbons (Fsp3) is 1.00. The smallest absolute Gasteiger partial charge is 0.0466 e. The van der Waals surface area contributed by atoms with E-state index < -0.39 is 0 Å². The SMILES string of the molecule is C1CCOCC1.C1CCOCC1.C1CCOCC1.[Ru].[Ru]. The molecule has 0 unspecified atom stereocenters. The summed E-state index contributed by atoms with van der Waals surface area (Å²) < 4.78 is 15.2. The van der Waals surface area contributed by atoms with Gasteiger partial charge in [0.05, 0.1) is 0 Å². The summed E-state index contributed by atoms with van der Waals surface area (Å²) in [6.45, 7) is 6.00. The predicted molar refractivity (Wildman–Crippen MR) is 74.0 cm³/mol. The van der Waals surface area contributed by atoms with Crippen molar-refractivity contribution in [1.29, 1.82) is 0 Å². The molecule has 0 saturated carbocycles. The third-order valence-electron chi connectivity index (χ3n) is 3.23. The van der Waals surface area contributed by atoms with Crippen LogP contribution in [0.3, 0.4) is 0 Å². The first kappa shape index (κ1) is 23.4. The minimum absolute atomic E-state index is 0. The van der Waals surface area contributed by atoms with Gasteiger partial charge in [-0.1, -0.05) is 0 Å². The molecular formula is C15H30O3Ru2. The quantitative estimate of drug-likeness (QED) is 0.518. The van der Waals surface area contributed by atoms with Crippen LogP contribution in [0.5, 0.6) is 0 Å². The average molecular weight is 461 g/mol. The van der Waals surface area contributed by atoms with Gasteiger partial charge in [0.2, 0.25) is 0 Å². The second-order valence-corrected chi connectivity index (χ2v) is 5.02. The Morgan fingerprint density at radius 3 is 0.550 bits per heavy atom. The fourth-order valence-corrected chi connectivity index (χ4v) is 2.06. The second-order valence-electron chi connectivity index (χ2n) is 5.02. The van der Waals surface area contributed by atoms with Gasteiger partial charge < -0.3 is 14.2 Å². The van der Waals surface area contributed by atoms with Crippen LogP contribution < -0.4 is 0 Å². The minimum atomic E-state index is 0. The van der Waals surface area contributed by atoms with Crippen molar-refractivity contribution in [2.75, 3.05) is 39.6 Å². The van der Waals surface area contributed by atoms with Gasteiger partial charge in [0.25, 0.3) is 0 Å². The summed E-state index contributed by atoms with van der Waals surface area (Å²) in [6, 6.07) is 0. The largest absolute Gasteiger partial charge is 0.381 e. The molecule has 3 saturated heterocycles. The summed E-state index contributed by atoms with van der Waals surface area (Å²) in [6.07, 6.45) is 11.8. The molecule has 3 heterocycles. The van der Waals surface area contributed by atoms with Gasteiger partial charge in [-0.05, 0) is 57.8 Å². The zero-order valence-corrected chi connectivity index (χ0v) is 16.0. The van der Waals surface area contributed by atoms with Gasteiger partial charge in [-0.3, -0.25) is 0 Å². The van der Waals surface area contributed by atoms with Crippen LogP contribution >= 0.6 is 0 Å². The van der Waals surface area contributed by atoms with Crippen LogP contribution in [0.15, 0.2) is 0 Å². The van der Waals surface area contributed by atoms with Crippen LogP contribution in [0.25, 0.3) is 0 Å². The summed E-state index contributed by atoms with van der Waals surface area (Å²) in [7, 11) is 0. The van der Waals surface area contributed by atoms with Gasteiger partial charge in [-0.25, -0.2) is 0 Å². The molecule has 0 aliphatic carbocycles. The summed E-state index contributed by atoms with van der Waals surface area (Å²) in [5, 5.41) is 0. The first-order chi connectivity index (χ1) is 9.00. The molecule has 5 heteroatoms. The van der Waals surface area contributed by atoms with Crippen molar-refractivity contribution >= 4 is 0 Å². The average Bonchev–Trinajstić information content (AvgIpc) is 2.54. The fourth-order valence-electron chi connectivity index (χ4n) is 2.06. The van der Waals surface area contributed by atoms with Crippen LogP contribution in [0.1, 0.15) is 57.8 Å². The molecule has 0 amide bonds. The maximum Gasteiger partial charge on any atom is 0.0466 e. The Bertz CT molecular complexity index is 96.1. The summed E-state index contributed by atoms with van der Waals surface area (Å²) in [5.41, 5.74) is 0. The van der Waals surface area contributed by atoms with E-state index in [1.165, 1.54) is 57.8 Å². The molecule has 3 nitrogen and oxygen atoms in total. The van der Waals surface area contributed by atoms with Crippen molar-refractivity contribution in [3.8, 4) is 0 Å². The van der Waals surface area contributed by atoms with E-state index in [1.54, 1.807) is 0 Å². The zero-order chi connectivity index (χ0) is 12.7. The van der Waals surface area contributed by atoms with Crippen LogP contribution in [-0.4, -0.2) is 39.6 Å². The van der Waals surface area contributed by atoms with Crippen LogP contribution in [-0.2, 0) is 53.2 Å². The van der Waals surface area contributed by atoms with Gasteiger partial charge in [0.15, 0.2) is 0 Å². The zero-order valence-electron chi connectivity index (χ0n) is 12.5. The van der Waals surface area contributed by atoms with Crippen LogP contribution in [0.2, 0.25) is 0 Å². The van der Waals surface area contributed by atoms with Crippen molar-refractivity contribution < 1.29 is 53.2 Å². The van der Waals surface area contributed by atoms with Crippen LogP contribution in [0.4, 0.5) is 0 Å². The number of hydrogen-bond acceptors (Lipinski definition) is 3. The normalized spacial score (nSPS) is 21.6. The van der Waals surface area contributed by atoms with E-state index in [0.29, 0.717) is 0 Å². The number of hydrogen-bond donors (Lipinski definition) is 0. The molecule has 0 aromatic heterocycles. The van der Waals surface area contributed by atoms with E-state index in [-0.39, 0.29) is 39.0 Å². The molecule has 0 spiro atoms. The molecule has 0 bridgehead atoms. The standard InChI is InChI=1S/3C5H10O.2Ru/c3*1-2-4-6-5-3-1;;/h3*1-5H2;;. The third-order valence-corrected chi connectivity index (χ3v) is 3.23. The second kappa shape index (κ2) is 20.1. The van der Waals surface area contributed by atoms with Crippen LogP contribution in [0, 0.1) is 0 Å². The van der Waals surface area contributed by atoms with Crippen molar-refractivity contribution in [3.05, 3.63) is 0 Å². The molecule has 0 aromatic rings. The molecule has 0 N–H and O–H groups in total. The topological polar surface area (TPSA) is 27.7 Å². The number of rotatable bonds is 0. The summed E-state index contributed by atoms with van der Waals surface area (Å²) >= 11 is 0. The molecule has 3 aliphatic rings. The Balaban J connectivity index is 0. The molecule has 20 heavy (non-hydrogen) atoms. The monoisotopic (exact) mass is 462 g/mol. The molecule has 0 atom stereocenters. The maximum absolute atomic E-state index is 5.07. The van der Waals surface area contributed by atoms with Gasteiger partial charge in [0.1, 0.15) is 0 Å². The maximum atomic E-state index is 5.07. The first-order valence-electron chi connectivity index (χ1n) is 7.73. The summed E-state index contributed by atoms with van der Waals surface area (Å²) in [5.74, 6) is 0. The van der Waals surface area contributed by atoms with Gasteiger partial charge in [-0.2, -0.15) is 0 Å². The Labute approximate surface area is 150 Å². The van der Waals surface area contributed by atoms with E-state index in [9.17, 15) is 0 Å². The van der Waals surface area contributed by atoms with E-state index >= 15 is 0 Å². The van der Waals surface area contributed by atoms with Crippen molar-refractivity contribution in [2.24, 2.45) is 0 Å². The molecule has 0 aromatic carbocycles. The number of ether oxygens (including phenoxy) is 3. The molecule has 3 rings (SSSR count). The Kier molecular flexibility index (Phi) is 23.5. The minimum Gasteiger partial charge on any atom is -0.381 e. The Morgan fingerprint density at radius 2 is 0.500 bits per heavy atom. The van der Waals surface area contributed by atoms with E-state index in [1.807, 2.05) is 0 Å². The summed E-state index contributed by atoms with van der Waals surface area (Å²) in [4.78, 5) is 0. The van der Waals surface area contributed by atoms with Gasteiger partial charge in [0, 0.05) is 78.6 Å². The molecular weight excluding hydrogens is 430 g/mol. The Morgan fingerprint density at radius 1 is 0.300 bits per heavy atom. The van der Waals surface area contributed by atoms with E-state index in [2.05, 4.69) is 0 Å². The van der Waals surface area contributed by atoms with E-state index in [4.69, 9.17) is 14.2 Å². The third kappa shape index (κ3) is 17.2. The first-order valence-corrected chi connectivity index (χ1v) is 7.73. The molecule has 124 valence electrons. The van der Waals surface area contributed by atoms with Crippen molar-refractivity contribution in [1.82, 2.24) is 0 Å². The van der Waals surface area contributed by atoms with Crippen molar-refractivity contribution in [3.63, 3.8) is 0 Å². The Hall–Kier alpha value is 1.13. The van der Waals surface area contributed by atoms with Crippen molar-refractivity contribution in [2.45, 2.75) is 57.8 Å². The molecule has 3 aliphatic heterocycles. The van der Waals surface area contributed by atoms with Gasteiger partial charge in [-0.15, -0.1) is 0 Å².